The highest BCUT2D eigenvalue weighted by Gasteiger charge is 2.53. The molecule has 4 amide bonds. The van der Waals surface area contributed by atoms with Gasteiger partial charge >= 0.3 is 0 Å². The Balaban J connectivity index is 2.45. The number of nitrogens with one attached hydrogen (secondary N) is 1. The van der Waals surface area contributed by atoms with E-state index in [1.165, 1.54) is 5.32 Å². The van der Waals surface area contributed by atoms with Crippen LogP contribution in [0.5, 0.6) is 0 Å². The second-order valence-corrected chi connectivity index (χ2v) is 4.23. The van der Waals surface area contributed by atoms with Crippen LogP contribution in [0.1, 0.15) is 54.0 Å². The van der Waals surface area contributed by atoms with Crippen molar-refractivity contribution in [2.45, 2.75) is 25.1 Å². The summed E-state index contributed by atoms with van der Waals surface area (Å²) in [6.07, 6.45) is -7.66. The maximum Gasteiger partial charge on any atom is 0.264 e. The van der Waals surface area contributed by atoms with Crippen LogP contribution < -0.4 is 11.1 Å². The van der Waals surface area contributed by atoms with Crippen molar-refractivity contribution in [3.63, 3.8) is 0 Å². The fourth-order valence-electron chi connectivity index (χ4n) is 2.01. The lowest BCUT2D eigenvalue weighted by Crippen LogP contribution is -2.62. The highest BCUT2D eigenvalue weighted by molar-refractivity contribution is 6.26. The molecule has 2 aliphatic rings. The fraction of sp³-hybridized carbons (Fsp3) is 0.286. The third-order valence-electron chi connectivity index (χ3n) is 2.99. The van der Waals surface area contributed by atoms with Gasteiger partial charge in [0.1, 0.15) is 5.54 Å². The van der Waals surface area contributed by atoms with E-state index in [4.69, 9.17) is 19.4 Å². The molecule has 2 aliphatic heterocycles. The molecule has 1 aromatic carbocycles. The van der Waals surface area contributed by atoms with Gasteiger partial charge in [-0.15, -0.1) is 0 Å². The molecule has 7 nitrogen and oxygen atoms in total. The van der Waals surface area contributed by atoms with Crippen molar-refractivity contribution in [2.75, 3.05) is 5.73 Å². The maximum absolute atomic E-state index is 13.1. The quantitative estimate of drug-likeness (QED) is 0.562. The Kier molecular flexibility index (Phi) is 1.18. The molecule has 2 heterocycles. The number of carbonyl (C=O) groups excluding carboxylic acids is 4. The van der Waals surface area contributed by atoms with Crippen molar-refractivity contribution in [2.24, 2.45) is 0 Å². The van der Waals surface area contributed by atoms with Crippen LogP contribution in [0, 0.1) is 0 Å². The van der Waals surface area contributed by atoms with Crippen LogP contribution in [0.3, 0.4) is 0 Å². The molecule has 3 N–H and O–H groups in total. The van der Waals surface area contributed by atoms with Crippen molar-refractivity contribution >= 4 is 29.3 Å². The van der Waals surface area contributed by atoms with Gasteiger partial charge in [-0.2, -0.15) is 0 Å². The van der Waals surface area contributed by atoms with Crippen LogP contribution in [0.4, 0.5) is 5.69 Å². The zero-order chi connectivity index (χ0) is 24.1. The van der Waals surface area contributed by atoms with Crippen molar-refractivity contribution in [3.05, 3.63) is 29.3 Å². The fourth-order valence-corrected chi connectivity index (χ4v) is 2.01. The van der Waals surface area contributed by atoms with E-state index >= 15 is 0 Å². The summed E-state index contributed by atoms with van der Waals surface area (Å²) in [6.45, 7) is -3.91. The molecule has 21 heavy (non-hydrogen) atoms. The number of nitrogen functional groups attached to an aromatic ring is 1. The van der Waals surface area contributed by atoms with E-state index in [2.05, 4.69) is 0 Å². The summed E-state index contributed by atoms with van der Waals surface area (Å²) in [6, 6.07) is -2.72. The zero-order valence-corrected chi connectivity index (χ0v) is 10.2. The van der Waals surface area contributed by atoms with E-state index in [-0.39, 0.29) is 4.90 Å². The van der Waals surface area contributed by atoms with Crippen molar-refractivity contribution in [1.82, 2.24) is 10.2 Å². The molecule has 108 valence electrons. The zero-order valence-electron chi connectivity index (χ0n) is 20.2. The number of hydrogen-bond acceptors (Lipinski definition) is 5. The van der Waals surface area contributed by atoms with Gasteiger partial charge in [-0.3, -0.25) is 29.4 Å². The molecular formula is C14H13N3O4. The van der Waals surface area contributed by atoms with Crippen molar-refractivity contribution < 1.29 is 32.9 Å². The maximum atomic E-state index is 13.1. The molecule has 7 heteroatoms. The smallest absolute Gasteiger partial charge is 0.264 e. The monoisotopic (exact) mass is 297 g/mol. The molecule has 1 aromatic rings. The number of imide groups is 2. The molecule has 3 rings (SSSR count). The minimum Gasteiger partial charge on any atom is -0.398 e. The van der Waals surface area contributed by atoms with Crippen LogP contribution >= 0.6 is 0 Å². The van der Waals surface area contributed by atoms with Crippen LogP contribution in [-0.2, 0) is 9.59 Å². The summed E-state index contributed by atoms with van der Waals surface area (Å²) >= 11 is 0. The standard InChI is InChI=1S/C14H13N3O4/c1-14(6-5-9(18)16-13(14)21)17-11(19)7-3-2-4-8(15)10(7)12(17)20/h2-4H,5-6,15H2,1H3,(H,16,18,21)/t14-/m0/s1/i1D3,2D,3D,4D,5D2,6D2. The largest absolute Gasteiger partial charge is 0.398 e. The van der Waals surface area contributed by atoms with Gasteiger partial charge in [0.05, 0.1) is 15.2 Å². The normalized spacial score (nSPS) is 37.4. The number of rotatable bonds is 1. The summed E-state index contributed by atoms with van der Waals surface area (Å²) in [5, 5.41) is 1.37. The number of nitrogens with two attached hydrogens (primary N) is 1. The number of anilines is 1. The highest BCUT2D eigenvalue weighted by atomic mass is 16.2. The topological polar surface area (TPSA) is 110 Å². The van der Waals surface area contributed by atoms with E-state index in [0.29, 0.717) is 0 Å². The Hall–Kier alpha value is -2.70. The van der Waals surface area contributed by atoms with Gasteiger partial charge in [0, 0.05) is 21.7 Å². The number of benzene rings is 1. The van der Waals surface area contributed by atoms with Crippen LogP contribution in [-0.4, -0.2) is 34.1 Å². The minimum absolute atomic E-state index is 0.377. The third-order valence-corrected chi connectivity index (χ3v) is 2.99. The number of fused-ring (bicyclic) bond motifs is 1. The lowest BCUT2D eigenvalue weighted by molar-refractivity contribution is -0.140. The van der Waals surface area contributed by atoms with Gasteiger partial charge < -0.3 is 5.73 Å². The number of hydrogen-bond donors (Lipinski definition) is 2. The third kappa shape index (κ3) is 1.67. The van der Waals surface area contributed by atoms with Gasteiger partial charge in [-0.1, -0.05) is 6.04 Å². The number of amides is 4. The summed E-state index contributed by atoms with van der Waals surface area (Å²) in [5.74, 6) is -7.18. The van der Waals surface area contributed by atoms with E-state index in [0.717, 1.165) is 0 Å². The first-order valence-electron chi connectivity index (χ1n) is 10.5. The molecule has 0 aromatic heterocycles. The first-order chi connectivity index (χ1) is 13.9. The van der Waals surface area contributed by atoms with Gasteiger partial charge in [-0.05, 0) is 25.3 Å². The Morgan fingerprint density at radius 3 is 2.86 bits per heavy atom. The van der Waals surface area contributed by atoms with E-state index in [1.807, 2.05) is 0 Å². The summed E-state index contributed by atoms with van der Waals surface area (Å²) < 4.78 is 78.6. The second-order valence-electron chi connectivity index (χ2n) is 4.23. The number of piperidine rings is 1. The van der Waals surface area contributed by atoms with Crippen LogP contribution in [0.25, 0.3) is 0 Å². The predicted molar refractivity (Wildman–Crippen MR) is 72.1 cm³/mol. The first-order valence-corrected chi connectivity index (χ1v) is 5.53. The number of carbonyl (C=O) groups is 4. The summed E-state index contributed by atoms with van der Waals surface area (Å²) in [7, 11) is 0. The second kappa shape index (κ2) is 4.15. The number of nitrogens with zero attached hydrogens (tertiary/aromatic N) is 1. The molecule has 1 saturated heterocycles. The van der Waals surface area contributed by atoms with Crippen molar-refractivity contribution in [1.29, 1.82) is 0 Å². The van der Waals surface area contributed by atoms with Gasteiger partial charge in [0.25, 0.3) is 17.7 Å². The van der Waals surface area contributed by atoms with E-state index in [9.17, 15) is 19.2 Å². The Morgan fingerprint density at radius 2 is 2.14 bits per heavy atom. The molecule has 0 aliphatic carbocycles. The van der Waals surface area contributed by atoms with Gasteiger partial charge in [-0.25, -0.2) is 0 Å². The SMILES string of the molecule is [2H]c1c([2H])c(N)c2c(c1[2H])C(=O)N([C@]1(C([2H])([2H])[2H])C(=O)NC(=O)C([2H])([2H])C1([2H])[2H])C2=O. The Labute approximate surface area is 134 Å². The molecule has 0 spiro atoms. The summed E-state index contributed by atoms with van der Waals surface area (Å²) in [4.78, 5) is 50.6. The van der Waals surface area contributed by atoms with Crippen molar-refractivity contribution in [3.8, 4) is 0 Å². The molecule has 0 saturated carbocycles. The van der Waals surface area contributed by atoms with Gasteiger partial charge in [0.2, 0.25) is 5.91 Å². The average Bonchev–Trinajstić information content (AvgIpc) is 2.88. The first kappa shape index (κ1) is 5.97. The molecule has 0 radical (unpaired) electrons. The molecule has 0 unspecified atom stereocenters. The lowest BCUT2D eigenvalue weighted by Gasteiger charge is -2.38. The lowest BCUT2D eigenvalue weighted by atomic mass is 9.89. The summed E-state index contributed by atoms with van der Waals surface area (Å²) in [5.41, 5.74) is -0.866. The van der Waals surface area contributed by atoms with E-state index < -0.39 is 83.7 Å². The Morgan fingerprint density at radius 1 is 1.38 bits per heavy atom. The Bertz CT molecular complexity index is 1050. The molecule has 1 fully saturated rings. The highest BCUT2D eigenvalue weighted by Crippen LogP contribution is 2.35. The van der Waals surface area contributed by atoms with Crippen LogP contribution in [0.2, 0.25) is 0 Å². The van der Waals surface area contributed by atoms with Gasteiger partial charge in [0.15, 0.2) is 0 Å². The molecule has 0 bridgehead atoms. The molecule has 1 atom stereocenters. The predicted octanol–water partition coefficient (Wildman–Crippen LogP) is 0.0601. The molecular weight excluding hydrogens is 274 g/mol. The average molecular weight is 297 g/mol. The van der Waals surface area contributed by atoms with E-state index in [1.54, 1.807) is 0 Å². The van der Waals surface area contributed by atoms with Crippen LogP contribution in [0.15, 0.2) is 18.1 Å². The minimum atomic E-state index is -3.97.